The number of carbonyl (C=O) groups is 1. The predicted molar refractivity (Wildman–Crippen MR) is 92.3 cm³/mol. The Morgan fingerprint density at radius 2 is 1.83 bits per heavy atom. The van der Waals surface area contributed by atoms with E-state index in [1.807, 2.05) is 18.0 Å². The minimum absolute atomic E-state index is 0.283. The number of amides is 1. The van der Waals surface area contributed by atoms with Crippen molar-refractivity contribution in [1.29, 1.82) is 0 Å². The van der Waals surface area contributed by atoms with Gasteiger partial charge in [0.15, 0.2) is 0 Å². The van der Waals surface area contributed by atoms with Crippen molar-refractivity contribution >= 4 is 5.91 Å². The molecule has 0 unspecified atom stereocenters. The van der Waals surface area contributed by atoms with Crippen LogP contribution < -0.4 is 0 Å². The van der Waals surface area contributed by atoms with Gasteiger partial charge in [-0.2, -0.15) is 0 Å². The average molecular weight is 330 g/mol. The number of aromatic nitrogens is 1. The number of rotatable bonds is 5. The Hall–Kier alpha value is -1.32. The molecule has 0 N–H and O–H groups in total. The Balaban J connectivity index is 1.38. The van der Waals surface area contributed by atoms with Crippen molar-refractivity contribution in [3.05, 3.63) is 17.5 Å². The molecule has 4 aliphatic rings. The van der Waals surface area contributed by atoms with Gasteiger partial charge in [-0.15, -0.1) is 0 Å². The van der Waals surface area contributed by atoms with E-state index in [2.05, 4.69) is 19.0 Å². The van der Waals surface area contributed by atoms with E-state index in [-0.39, 0.29) is 5.91 Å². The van der Waals surface area contributed by atoms with E-state index in [0.29, 0.717) is 17.9 Å². The molecule has 1 aromatic heterocycles. The molecule has 4 heteroatoms. The van der Waals surface area contributed by atoms with Gasteiger partial charge in [-0.3, -0.25) is 4.79 Å². The van der Waals surface area contributed by atoms with Crippen molar-refractivity contribution in [2.75, 3.05) is 7.05 Å². The van der Waals surface area contributed by atoms with Crippen molar-refractivity contribution in [2.24, 2.45) is 23.2 Å². The zero-order valence-electron chi connectivity index (χ0n) is 15.3. The molecule has 1 aromatic rings. The molecule has 1 heterocycles. The lowest BCUT2D eigenvalue weighted by atomic mass is 9.49. The second kappa shape index (κ2) is 5.89. The summed E-state index contributed by atoms with van der Waals surface area (Å²) in [6.07, 6.45) is 8.91. The average Bonchev–Trinajstić information content (AvgIpc) is 2.94. The first kappa shape index (κ1) is 16.2. The lowest BCUT2D eigenvalue weighted by molar-refractivity contribution is -0.138. The molecule has 24 heavy (non-hydrogen) atoms. The lowest BCUT2D eigenvalue weighted by Crippen LogP contribution is -2.48. The Labute approximate surface area is 145 Å². The largest absolute Gasteiger partial charge is 0.361 e. The molecule has 4 bridgehead atoms. The van der Waals surface area contributed by atoms with Gasteiger partial charge in [-0.25, -0.2) is 0 Å². The standard InChI is InChI=1S/C20H30N2O2/c1-13(2)18-7-17(21-24-18)12-22(3)19(23)11-20-8-14-4-15(9-20)6-16(5-14)10-20/h7,13-16H,4-6,8-12H2,1-3H3. The highest BCUT2D eigenvalue weighted by molar-refractivity contribution is 5.76. The van der Waals surface area contributed by atoms with Crippen LogP contribution in [-0.4, -0.2) is 23.0 Å². The van der Waals surface area contributed by atoms with Crippen molar-refractivity contribution < 1.29 is 9.32 Å². The third kappa shape index (κ3) is 3.00. The van der Waals surface area contributed by atoms with E-state index in [1.165, 1.54) is 38.5 Å². The van der Waals surface area contributed by atoms with Gasteiger partial charge in [0.05, 0.1) is 6.54 Å². The molecule has 132 valence electrons. The first-order chi connectivity index (χ1) is 11.4. The molecule has 1 amide bonds. The summed E-state index contributed by atoms with van der Waals surface area (Å²) in [7, 11) is 1.91. The highest BCUT2D eigenvalue weighted by atomic mass is 16.5. The van der Waals surface area contributed by atoms with Crippen LogP contribution in [0.4, 0.5) is 0 Å². The zero-order chi connectivity index (χ0) is 16.9. The van der Waals surface area contributed by atoms with E-state index >= 15 is 0 Å². The monoisotopic (exact) mass is 330 g/mol. The lowest BCUT2D eigenvalue weighted by Gasteiger charge is -2.56. The first-order valence-corrected chi connectivity index (χ1v) is 9.62. The summed E-state index contributed by atoms with van der Waals surface area (Å²) < 4.78 is 5.35. The summed E-state index contributed by atoms with van der Waals surface area (Å²) in [5.41, 5.74) is 1.17. The Morgan fingerprint density at radius 1 is 1.25 bits per heavy atom. The second-order valence-corrected chi connectivity index (χ2v) is 9.22. The number of hydrogen-bond acceptors (Lipinski definition) is 3. The summed E-state index contributed by atoms with van der Waals surface area (Å²) in [4.78, 5) is 14.7. The third-order valence-corrected chi connectivity index (χ3v) is 6.66. The Bertz CT molecular complexity index is 584. The van der Waals surface area contributed by atoms with E-state index in [0.717, 1.165) is 35.6 Å². The van der Waals surface area contributed by atoms with Gasteiger partial charge in [-0.05, 0) is 61.7 Å². The minimum Gasteiger partial charge on any atom is -0.361 e. The van der Waals surface area contributed by atoms with Crippen LogP contribution in [0.25, 0.3) is 0 Å². The van der Waals surface area contributed by atoms with Gasteiger partial charge in [0.25, 0.3) is 0 Å². The molecular formula is C20H30N2O2. The molecule has 0 saturated heterocycles. The zero-order valence-corrected chi connectivity index (χ0v) is 15.3. The van der Waals surface area contributed by atoms with Gasteiger partial charge < -0.3 is 9.42 Å². The molecule has 4 saturated carbocycles. The minimum atomic E-state index is 0.283. The first-order valence-electron chi connectivity index (χ1n) is 9.62. The second-order valence-electron chi connectivity index (χ2n) is 9.22. The SMILES string of the molecule is CC(C)c1cc(CN(C)C(=O)CC23CC4CC(CC(C4)C2)C3)no1. The highest BCUT2D eigenvalue weighted by Crippen LogP contribution is 2.61. The quantitative estimate of drug-likeness (QED) is 0.805. The maximum absolute atomic E-state index is 12.8. The number of nitrogens with zero attached hydrogens (tertiary/aromatic N) is 2. The molecule has 0 aromatic carbocycles. The van der Waals surface area contributed by atoms with Crippen molar-refractivity contribution in [3.63, 3.8) is 0 Å². The van der Waals surface area contributed by atoms with Gasteiger partial charge >= 0.3 is 0 Å². The molecule has 4 nitrogen and oxygen atoms in total. The smallest absolute Gasteiger partial charge is 0.223 e. The predicted octanol–water partition coefficient (Wildman–Crippen LogP) is 4.36. The molecule has 0 aliphatic heterocycles. The van der Waals surface area contributed by atoms with Gasteiger partial charge in [-0.1, -0.05) is 19.0 Å². The fourth-order valence-electron chi connectivity index (χ4n) is 5.97. The van der Waals surface area contributed by atoms with Crippen LogP contribution in [0.2, 0.25) is 0 Å². The Kier molecular flexibility index (Phi) is 3.97. The maximum Gasteiger partial charge on any atom is 0.223 e. The summed E-state index contributed by atoms with van der Waals surface area (Å²) in [5.74, 6) is 4.22. The summed E-state index contributed by atoms with van der Waals surface area (Å²) in [5, 5.41) is 4.12. The number of hydrogen-bond donors (Lipinski definition) is 0. The molecule has 4 fully saturated rings. The fourth-order valence-corrected chi connectivity index (χ4v) is 5.97. The molecule has 0 radical (unpaired) electrons. The topological polar surface area (TPSA) is 46.3 Å². The van der Waals surface area contributed by atoms with Crippen molar-refractivity contribution in [2.45, 2.75) is 71.3 Å². The van der Waals surface area contributed by atoms with E-state index in [4.69, 9.17) is 4.52 Å². The summed E-state index contributed by atoms with van der Waals surface area (Å²) in [6.45, 7) is 4.74. The normalized spacial score (nSPS) is 34.1. The highest BCUT2D eigenvalue weighted by Gasteiger charge is 2.51. The number of carbonyl (C=O) groups excluding carboxylic acids is 1. The Morgan fingerprint density at radius 3 is 2.33 bits per heavy atom. The van der Waals surface area contributed by atoms with Crippen LogP contribution in [0, 0.1) is 23.2 Å². The van der Waals surface area contributed by atoms with E-state index in [9.17, 15) is 4.79 Å². The van der Waals surface area contributed by atoms with Gasteiger partial charge in [0.1, 0.15) is 11.5 Å². The van der Waals surface area contributed by atoms with Crippen LogP contribution >= 0.6 is 0 Å². The third-order valence-electron chi connectivity index (χ3n) is 6.66. The van der Waals surface area contributed by atoms with Crippen LogP contribution in [0.1, 0.15) is 76.2 Å². The molecule has 5 rings (SSSR count). The van der Waals surface area contributed by atoms with Crippen LogP contribution in [-0.2, 0) is 11.3 Å². The molecule has 0 spiro atoms. The van der Waals surface area contributed by atoms with Crippen molar-refractivity contribution in [3.8, 4) is 0 Å². The van der Waals surface area contributed by atoms with Crippen LogP contribution in [0.3, 0.4) is 0 Å². The van der Waals surface area contributed by atoms with Gasteiger partial charge in [0, 0.05) is 25.5 Å². The molecule has 0 atom stereocenters. The van der Waals surface area contributed by atoms with Crippen LogP contribution in [0.15, 0.2) is 10.6 Å². The summed E-state index contributed by atoms with van der Waals surface area (Å²) >= 11 is 0. The maximum atomic E-state index is 12.8. The summed E-state index contributed by atoms with van der Waals surface area (Å²) in [6, 6.07) is 1.99. The van der Waals surface area contributed by atoms with Gasteiger partial charge in [0.2, 0.25) is 5.91 Å². The molecular weight excluding hydrogens is 300 g/mol. The van der Waals surface area contributed by atoms with E-state index < -0.39 is 0 Å². The van der Waals surface area contributed by atoms with Crippen LogP contribution in [0.5, 0.6) is 0 Å². The fraction of sp³-hybridized carbons (Fsp3) is 0.800. The molecule has 4 aliphatic carbocycles. The van der Waals surface area contributed by atoms with E-state index in [1.54, 1.807) is 0 Å². The van der Waals surface area contributed by atoms with Crippen molar-refractivity contribution in [1.82, 2.24) is 10.1 Å².